The van der Waals surface area contributed by atoms with Crippen molar-refractivity contribution in [3.05, 3.63) is 101 Å². The normalized spacial score (nSPS) is 12.1. The van der Waals surface area contributed by atoms with Crippen LogP contribution < -0.4 is 5.32 Å². The number of carbonyl (C=O) groups is 1. The summed E-state index contributed by atoms with van der Waals surface area (Å²) in [6.45, 7) is 4.64. The zero-order valence-corrected chi connectivity index (χ0v) is 16.1. The number of aromatic nitrogens is 2. The minimum atomic E-state index is -0.219. The molecule has 28 heavy (non-hydrogen) atoms. The molecule has 1 heterocycles. The average molecular weight is 369 g/mol. The number of hydrogen-bond acceptors (Lipinski definition) is 2. The molecule has 0 saturated carbocycles. The van der Waals surface area contributed by atoms with Crippen LogP contribution in [-0.2, 0) is 6.54 Å². The Morgan fingerprint density at radius 2 is 1.64 bits per heavy atom. The molecular formula is C24H23N3O. The van der Waals surface area contributed by atoms with Gasteiger partial charge in [0.15, 0.2) is 0 Å². The highest BCUT2D eigenvalue weighted by Crippen LogP contribution is 2.23. The van der Waals surface area contributed by atoms with Crippen LogP contribution in [0.15, 0.2) is 78.9 Å². The Balaban J connectivity index is 1.68. The molecule has 1 N–H and O–H groups in total. The maximum atomic E-state index is 12.8. The molecule has 3 aromatic carbocycles. The fourth-order valence-corrected chi connectivity index (χ4v) is 3.52. The van der Waals surface area contributed by atoms with Crippen molar-refractivity contribution in [3.8, 4) is 0 Å². The first kappa shape index (κ1) is 18.0. The number of benzene rings is 3. The zero-order chi connectivity index (χ0) is 19.5. The van der Waals surface area contributed by atoms with Crippen molar-refractivity contribution < 1.29 is 4.79 Å². The van der Waals surface area contributed by atoms with Crippen LogP contribution in [0.2, 0.25) is 0 Å². The van der Waals surface area contributed by atoms with Gasteiger partial charge in [-0.25, -0.2) is 4.98 Å². The van der Waals surface area contributed by atoms with Crippen molar-refractivity contribution in [3.63, 3.8) is 0 Å². The lowest BCUT2D eigenvalue weighted by Crippen LogP contribution is -2.29. The van der Waals surface area contributed by atoms with Gasteiger partial charge in [-0.3, -0.25) is 4.79 Å². The fourth-order valence-electron chi connectivity index (χ4n) is 3.52. The van der Waals surface area contributed by atoms with E-state index in [4.69, 9.17) is 4.98 Å². The van der Waals surface area contributed by atoms with Crippen LogP contribution in [0.1, 0.15) is 40.3 Å². The molecule has 0 spiro atoms. The summed E-state index contributed by atoms with van der Waals surface area (Å²) >= 11 is 0. The number of nitrogens with zero attached hydrogens (tertiary/aromatic N) is 2. The first-order chi connectivity index (χ1) is 13.6. The first-order valence-corrected chi connectivity index (χ1v) is 9.49. The molecular weight excluding hydrogens is 346 g/mol. The SMILES string of the molecule is Cc1ccccc1C(=O)N[C@@H](C)c1nc2ccccc2n1Cc1ccccc1. The van der Waals surface area contributed by atoms with Gasteiger partial charge in [0, 0.05) is 12.1 Å². The summed E-state index contributed by atoms with van der Waals surface area (Å²) in [5.41, 5.74) is 4.86. The molecule has 1 amide bonds. The van der Waals surface area contributed by atoms with Gasteiger partial charge in [-0.2, -0.15) is 0 Å². The second-order valence-corrected chi connectivity index (χ2v) is 7.04. The molecule has 4 rings (SSSR count). The number of imidazole rings is 1. The minimum Gasteiger partial charge on any atom is -0.342 e. The van der Waals surface area contributed by atoms with E-state index in [1.807, 2.05) is 74.5 Å². The number of amides is 1. The van der Waals surface area contributed by atoms with E-state index in [1.165, 1.54) is 5.56 Å². The second kappa shape index (κ2) is 7.69. The van der Waals surface area contributed by atoms with E-state index in [9.17, 15) is 4.79 Å². The van der Waals surface area contributed by atoms with Crippen LogP contribution >= 0.6 is 0 Å². The largest absolute Gasteiger partial charge is 0.342 e. The molecule has 0 aliphatic carbocycles. The predicted molar refractivity (Wildman–Crippen MR) is 112 cm³/mol. The zero-order valence-electron chi connectivity index (χ0n) is 16.1. The lowest BCUT2D eigenvalue weighted by atomic mass is 10.1. The lowest BCUT2D eigenvalue weighted by Gasteiger charge is -2.17. The third-order valence-corrected chi connectivity index (χ3v) is 4.99. The Hall–Kier alpha value is -3.40. The standard InChI is InChI=1S/C24H23N3O/c1-17-10-6-7-13-20(17)24(28)25-18(2)23-26-21-14-8-9-15-22(21)27(23)16-19-11-4-3-5-12-19/h3-15,18H,16H2,1-2H3,(H,25,28)/t18-/m0/s1. The summed E-state index contributed by atoms with van der Waals surface area (Å²) in [6, 6.07) is 25.8. The van der Waals surface area contributed by atoms with Crippen LogP contribution in [0, 0.1) is 6.92 Å². The quantitative estimate of drug-likeness (QED) is 0.545. The molecule has 1 atom stereocenters. The lowest BCUT2D eigenvalue weighted by molar-refractivity contribution is 0.0937. The summed E-state index contributed by atoms with van der Waals surface area (Å²) in [5.74, 6) is 0.774. The topological polar surface area (TPSA) is 46.9 Å². The molecule has 4 nitrogen and oxygen atoms in total. The second-order valence-electron chi connectivity index (χ2n) is 7.04. The Bertz CT molecular complexity index is 1120. The Kier molecular flexibility index (Phi) is 4.94. The Labute approximate surface area is 164 Å². The number of rotatable bonds is 5. The van der Waals surface area contributed by atoms with E-state index in [-0.39, 0.29) is 11.9 Å². The Morgan fingerprint density at radius 1 is 0.964 bits per heavy atom. The van der Waals surface area contributed by atoms with Gasteiger partial charge in [0.25, 0.3) is 5.91 Å². The van der Waals surface area contributed by atoms with Gasteiger partial charge in [-0.1, -0.05) is 60.7 Å². The van der Waals surface area contributed by atoms with Crippen molar-refractivity contribution >= 4 is 16.9 Å². The highest BCUT2D eigenvalue weighted by atomic mass is 16.1. The molecule has 4 heteroatoms. The summed E-state index contributed by atoms with van der Waals surface area (Å²) in [5, 5.41) is 3.12. The molecule has 0 aliphatic heterocycles. The van der Waals surface area contributed by atoms with Gasteiger partial charge < -0.3 is 9.88 Å². The van der Waals surface area contributed by atoms with Gasteiger partial charge in [0.2, 0.25) is 0 Å². The predicted octanol–water partition coefficient (Wildman–Crippen LogP) is 4.88. The number of carbonyl (C=O) groups excluding carboxylic acids is 1. The van der Waals surface area contributed by atoms with Gasteiger partial charge in [0.1, 0.15) is 5.82 Å². The van der Waals surface area contributed by atoms with Crippen molar-refractivity contribution in [2.75, 3.05) is 0 Å². The van der Waals surface area contributed by atoms with E-state index >= 15 is 0 Å². The van der Waals surface area contributed by atoms with Crippen molar-refractivity contribution in [2.45, 2.75) is 26.4 Å². The van der Waals surface area contributed by atoms with Crippen molar-refractivity contribution in [2.24, 2.45) is 0 Å². The van der Waals surface area contributed by atoms with Gasteiger partial charge >= 0.3 is 0 Å². The summed E-state index contributed by atoms with van der Waals surface area (Å²) < 4.78 is 2.19. The monoisotopic (exact) mass is 369 g/mol. The van der Waals surface area contributed by atoms with E-state index in [2.05, 4.69) is 28.1 Å². The van der Waals surface area contributed by atoms with Crippen LogP contribution in [0.25, 0.3) is 11.0 Å². The summed E-state index contributed by atoms with van der Waals surface area (Å²) in [6.07, 6.45) is 0. The van der Waals surface area contributed by atoms with Crippen molar-refractivity contribution in [1.82, 2.24) is 14.9 Å². The molecule has 0 fully saturated rings. The van der Waals surface area contributed by atoms with Crippen LogP contribution in [0.3, 0.4) is 0 Å². The molecule has 0 saturated heterocycles. The van der Waals surface area contributed by atoms with Crippen LogP contribution in [0.4, 0.5) is 0 Å². The number of fused-ring (bicyclic) bond motifs is 1. The van der Waals surface area contributed by atoms with Gasteiger partial charge in [-0.15, -0.1) is 0 Å². The maximum absolute atomic E-state index is 12.8. The Morgan fingerprint density at radius 3 is 2.43 bits per heavy atom. The molecule has 0 unspecified atom stereocenters. The smallest absolute Gasteiger partial charge is 0.252 e. The summed E-state index contributed by atoms with van der Waals surface area (Å²) in [7, 11) is 0. The highest BCUT2D eigenvalue weighted by Gasteiger charge is 2.19. The average Bonchev–Trinajstić information content (AvgIpc) is 3.08. The van der Waals surface area contributed by atoms with E-state index in [0.717, 1.165) is 22.4 Å². The fraction of sp³-hybridized carbons (Fsp3) is 0.167. The van der Waals surface area contributed by atoms with Crippen LogP contribution in [-0.4, -0.2) is 15.5 Å². The van der Waals surface area contributed by atoms with Gasteiger partial charge in [0.05, 0.1) is 17.1 Å². The van der Waals surface area contributed by atoms with E-state index in [1.54, 1.807) is 0 Å². The first-order valence-electron chi connectivity index (χ1n) is 9.49. The molecule has 0 radical (unpaired) electrons. The number of nitrogens with one attached hydrogen (secondary N) is 1. The molecule has 140 valence electrons. The molecule has 0 aliphatic rings. The third-order valence-electron chi connectivity index (χ3n) is 4.99. The third kappa shape index (κ3) is 3.54. The molecule has 4 aromatic rings. The van der Waals surface area contributed by atoms with E-state index in [0.29, 0.717) is 12.1 Å². The number of para-hydroxylation sites is 2. The molecule has 1 aromatic heterocycles. The van der Waals surface area contributed by atoms with Gasteiger partial charge in [-0.05, 0) is 43.2 Å². The maximum Gasteiger partial charge on any atom is 0.252 e. The molecule has 0 bridgehead atoms. The number of hydrogen-bond donors (Lipinski definition) is 1. The van der Waals surface area contributed by atoms with E-state index < -0.39 is 0 Å². The van der Waals surface area contributed by atoms with Crippen molar-refractivity contribution in [1.29, 1.82) is 0 Å². The minimum absolute atomic E-state index is 0.0797. The summed E-state index contributed by atoms with van der Waals surface area (Å²) in [4.78, 5) is 17.6. The highest BCUT2D eigenvalue weighted by molar-refractivity contribution is 5.95. The van der Waals surface area contributed by atoms with Crippen LogP contribution in [0.5, 0.6) is 0 Å². The number of aryl methyl sites for hydroxylation is 1.